The molecule has 27 heavy (non-hydrogen) atoms. The largest absolute Gasteiger partial charge is 0.453 e. The monoisotopic (exact) mass is 420 g/mol. The molecule has 0 radical (unpaired) electrons. The van der Waals surface area contributed by atoms with Gasteiger partial charge in [0.15, 0.2) is 5.75 Å². The van der Waals surface area contributed by atoms with Crippen LogP contribution in [0.1, 0.15) is 5.56 Å². The van der Waals surface area contributed by atoms with Crippen molar-refractivity contribution in [2.45, 2.75) is 0 Å². The third-order valence-corrected chi connectivity index (χ3v) is 4.58. The Hall–Kier alpha value is -2.44. The highest BCUT2D eigenvalue weighted by Gasteiger charge is 2.18. The number of hydrogen-bond acceptors (Lipinski definition) is 5. The lowest BCUT2D eigenvalue weighted by Crippen LogP contribution is -2.30. The Morgan fingerprint density at radius 2 is 1.78 bits per heavy atom. The van der Waals surface area contributed by atoms with Crippen LogP contribution in [0.3, 0.4) is 0 Å². The van der Waals surface area contributed by atoms with Gasteiger partial charge in [0.1, 0.15) is 11.4 Å². The molecule has 4 N–H and O–H groups in total. The Kier molecular flexibility index (Phi) is 6.08. The summed E-state index contributed by atoms with van der Waals surface area (Å²) in [6.45, 7) is 0. The number of pyridine rings is 1. The number of anilines is 1. The van der Waals surface area contributed by atoms with Crippen LogP contribution in [-0.2, 0) is 0 Å². The molecule has 1 aromatic heterocycles. The highest BCUT2D eigenvalue weighted by Crippen LogP contribution is 2.38. The van der Waals surface area contributed by atoms with Crippen molar-refractivity contribution >= 4 is 46.2 Å². The molecule has 3 aromatic rings. The third kappa shape index (κ3) is 4.28. The third-order valence-electron chi connectivity index (χ3n) is 3.70. The highest BCUT2D eigenvalue weighted by atomic mass is 35.5. The van der Waals surface area contributed by atoms with E-state index in [0.29, 0.717) is 43.5 Å². The number of benzene rings is 2. The first-order valence-corrected chi connectivity index (χ1v) is 8.93. The summed E-state index contributed by atoms with van der Waals surface area (Å²) < 4.78 is 5.92. The van der Waals surface area contributed by atoms with Gasteiger partial charge in [-0.1, -0.05) is 53.0 Å². The van der Waals surface area contributed by atoms with Crippen LogP contribution < -0.4 is 21.3 Å². The first-order valence-electron chi connectivity index (χ1n) is 7.80. The van der Waals surface area contributed by atoms with Crippen molar-refractivity contribution in [3.63, 3.8) is 0 Å². The van der Waals surface area contributed by atoms with E-state index in [1.165, 1.54) is 11.2 Å². The molecule has 0 aliphatic carbocycles. The lowest BCUT2D eigenvalue weighted by molar-refractivity contribution is 0.482. The SMILES string of the molecule is N/C=C(/c1ccccc1Cl)N(N)c1cnccc1Oc1cc(Cl)ccc1Cl. The van der Waals surface area contributed by atoms with Crippen LogP contribution in [0, 0.1) is 0 Å². The van der Waals surface area contributed by atoms with Gasteiger partial charge >= 0.3 is 0 Å². The van der Waals surface area contributed by atoms with Crippen molar-refractivity contribution in [1.82, 2.24) is 4.98 Å². The summed E-state index contributed by atoms with van der Waals surface area (Å²) in [6, 6.07) is 13.8. The molecule has 0 saturated heterocycles. The molecule has 0 atom stereocenters. The molecule has 0 aliphatic rings. The Morgan fingerprint density at radius 1 is 1.00 bits per heavy atom. The van der Waals surface area contributed by atoms with Gasteiger partial charge in [0, 0.05) is 40.1 Å². The average molecular weight is 422 g/mol. The van der Waals surface area contributed by atoms with Gasteiger partial charge in [0.05, 0.1) is 16.9 Å². The van der Waals surface area contributed by atoms with Gasteiger partial charge in [0.25, 0.3) is 0 Å². The number of aromatic nitrogens is 1. The summed E-state index contributed by atoms with van der Waals surface area (Å²) in [4.78, 5) is 4.12. The Balaban J connectivity index is 2.00. The molecule has 8 heteroatoms. The average Bonchev–Trinajstić information content (AvgIpc) is 2.67. The van der Waals surface area contributed by atoms with E-state index in [1.54, 1.807) is 42.7 Å². The van der Waals surface area contributed by atoms with Gasteiger partial charge in [-0.2, -0.15) is 0 Å². The maximum absolute atomic E-state index is 6.32. The summed E-state index contributed by atoms with van der Waals surface area (Å²) in [6.07, 6.45) is 4.49. The summed E-state index contributed by atoms with van der Waals surface area (Å²) >= 11 is 18.5. The minimum absolute atomic E-state index is 0.390. The highest BCUT2D eigenvalue weighted by molar-refractivity contribution is 6.34. The molecule has 1 heterocycles. The second-order valence-corrected chi connectivity index (χ2v) is 6.67. The van der Waals surface area contributed by atoms with Crippen LogP contribution >= 0.6 is 34.8 Å². The molecule has 0 unspecified atom stereocenters. The molecule has 0 bridgehead atoms. The second-order valence-electron chi connectivity index (χ2n) is 5.42. The normalized spacial score (nSPS) is 11.3. The maximum atomic E-state index is 6.32. The molecule has 138 valence electrons. The van der Waals surface area contributed by atoms with Crippen LogP contribution in [0.15, 0.2) is 67.1 Å². The van der Waals surface area contributed by atoms with Crippen molar-refractivity contribution in [2.75, 3.05) is 5.01 Å². The van der Waals surface area contributed by atoms with Gasteiger partial charge in [-0.15, -0.1) is 0 Å². The lowest BCUT2D eigenvalue weighted by Gasteiger charge is -2.24. The molecule has 0 spiro atoms. The quantitative estimate of drug-likeness (QED) is 0.422. The molecule has 0 fully saturated rings. The van der Waals surface area contributed by atoms with Gasteiger partial charge < -0.3 is 10.5 Å². The predicted octanol–water partition coefficient (Wildman–Crippen LogP) is 5.47. The van der Waals surface area contributed by atoms with Crippen molar-refractivity contribution in [3.05, 3.63) is 87.8 Å². The molecular weight excluding hydrogens is 407 g/mol. The van der Waals surface area contributed by atoms with Gasteiger partial charge in [-0.25, -0.2) is 5.84 Å². The van der Waals surface area contributed by atoms with E-state index in [4.69, 9.17) is 51.1 Å². The smallest absolute Gasteiger partial charge is 0.155 e. The molecule has 0 saturated carbocycles. The van der Waals surface area contributed by atoms with Crippen LogP contribution in [0.5, 0.6) is 11.5 Å². The second kappa shape index (κ2) is 8.50. The molecule has 5 nitrogen and oxygen atoms in total. The minimum Gasteiger partial charge on any atom is -0.453 e. The minimum atomic E-state index is 0.390. The molecule has 0 amide bonds. The Morgan fingerprint density at radius 3 is 2.52 bits per heavy atom. The fourth-order valence-electron chi connectivity index (χ4n) is 2.41. The lowest BCUT2D eigenvalue weighted by atomic mass is 10.1. The Bertz CT molecular complexity index is 994. The van der Waals surface area contributed by atoms with Crippen molar-refractivity contribution in [2.24, 2.45) is 11.6 Å². The number of hydrogen-bond donors (Lipinski definition) is 2. The summed E-state index contributed by atoms with van der Waals surface area (Å²) in [5, 5.41) is 2.76. The zero-order valence-corrected chi connectivity index (χ0v) is 16.2. The van der Waals surface area contributed by atoms with Crippen molar-refractivity contribution < 1.29 is 4.74 Å². The van der Waals surface area contributed by atoms with Crippen LogP contribution in [0.25, 0.3) is 5.70 Å². The number of halogens is 3. The summed E-state index contributed by atoms with van der Waals surface area (Å²) in [5.74, 6) is 7.13. The van der Waals surface area contributed by atoms with Crippen LogP contribution in [0.2, 0.25) is 15.1 Å². The zero-order valence-electron chi connectivity index (χ0n) is 13.9. The standard InChI is InChI=1S/C19H15Cl3N4O/c20-12-5-6-15(22)19(9-12)27-18-7-8-25-11-17(18)26(24)16(10-23)13-3-1-2-4-14(13)21/h1-11H,23-24H2/b16-10-. The van der Waals surface area contributed by atoms with Gasteiger partial charge in [-0.3, -0.25) is 9.99 Å². The van der Waals surface area contributed by atoms with Gasteiger partial charge in [0.2, 0.25) is 0 Å². The molecule has 0 aliphatic heterocycles. The molecule has 3 rings (SSSR count). The zero-order chi connectivity index (χ0) is 19.4. The first-order chi connectivity index (χ1) is 13.0. The van der Waals surface area contributed by atoms with E-state index in [2.05, 4.69) is 4.98 Å². The number of nitrogens with zero attached hydrogens (tertiary/aromatic N) is 2. The summed E-state index contributed by atoms with van der Waals surface area (Å²) in [5.41, 5.74) is 7.43. The number of rotatable bonds is 5. The molecular formula is C19H15Cl3N4O. The van der Waals surface area contributed by atoms with E-state index in [0.717, 1.165) is 0 Å². The van der Waals surface area contributed by atoms with Gasteiger partial charge in [-0.05, 0) is 18.2 Å². The van der Waals surface area contributed by atoms with Crippen LogP contribution in [-0.4, -0.2) is 4.98 Å². The van der Waals surface area contributed by atoms with Crippen molar-refractivity contribution in [1.29, 1.82) is 0 Å². The predicted molar refractivity (Wildman–Crippen MR) is 111 cm³/mol. The van der Waals surface area contributed by atoms with E-state index in [9.17, 15) is 0 Å². The van der Waals surface area contributed by atoms with Crippen molar-refractivity contribution in [3.8, 4) is 11.5 Å². The summed E-state index contributed by atoms with van der Waals surface area (Å²) in [7, 11) is 0. The van der Waals surface area contributed by atoms with E-state index >= 15 is 0 Å². The number of hydrazine groups is 1. The number of nitrogens with two attached hydrogens (primary N) is 2. The fraction of sp³-hybridized carbons (Fsp3) is 0. The van der Waals surface area contributed by atoms with E-state index < -0.39 is 0 Å². The maximum Gasteiger partial charge on any atom is 0.155 e. The Labute approximate surface area is 171 Å². The van der Waals surface area contributed by atoms with E-state index in [-0.39, 0.29) is 0 Å². The number of ether oxygens (including phenoxy) is 1. The topological polar surface area (TPSA) is 77.4 Å². The fourth-order valence-corrected chi connectivity index (χ4v) is 2.96. The van der Waals surface area contributed by atoms with E-state index in [1.807, 2.05) is 18.2 Å². The van der Waals surface area contributed by atoms with Crippen LogP contribution in [0.4, 0.5) is 5.69 Å². The molecule has 2 aromatic carbocycles. The first kappa shape index (κ1) is 19.3.